The molecule has 2 N–H and O–H groups in total. The van der Waals surface area contributed by atoms with Crippen molar-refractivity contribution in [2.24, 2.45) is 4.99 Å². The van der Waals surface area contributed by atoms with Crippen molar-refractivity contribution in [2.45, 2.75) is 46.0 Å². The molecule has 0 saturated heterocycles. The van der Waals surface area contributed by atoms with Gasteiger partial charge in [0.25, 0.3) is 0 Å². The van der Waals surface area contributed by atoms with Crippen molar-refractivity contribution in [1.29, 1.82) is 0 Å². The largest absolute Gasteiger partial charge is 0.382 e. The minimum absolute atomic E-state index is 0.288. The van der Waals surface area contributed by atoms with E-state index in [0.717, 1.165) is 44.4 Å². The van der Waals surface area contributed by atoms with Crippen LogP contribution in [-0.4, -0.2) is 49.5 Å². The predicted molar refractivity (Wildman–Crippen MR) is 87.2 cm³/mol. The highest BCUT2D eigenvalue weighted by Crippen LogP contribution is 2.09. The molecule has 0 unspecified atom stereocenters. The molecule has 0 aliphatic heterocycles. The zero-order chi connectivity index (χ0) is 16.2. The lowest BCUT2D eigenvalue weighted by atomic mass is 10.2. The van der Waals surface area contributed by atoms with Gasteiger partial charge in [-0.1, -0.05) is 19.0 Å². The van der Waals surface area contributed by atoms with Crippen molar-refractivity contribution in [3.8, 4) is 0 Å². The van der Waals surface area contributed by atoms with Gasteiger partial charge in [-0.2, -0.15) is 4.98 Å². The lowest BCUT2D eigenvalue weighted by molar-refractivity contribution is 0.143. The van der Waals surface area contributed by atoms with Gasteiger partial charge in [-0.25, -0.2) is 0 Å². The number of ether oxygens (including phenoxy) is 1. The van der Waals surface area contributed by atoms with Crippen molar-refractivity contribution < 1.29 is 9.26 Å². The number of aromatic nitrogens is 2. The van der Waals surface area contributed by atoms with Crippen LogP contribution in [0.4, 0.5) is 0 Å². The SMILES string of the molecule is CCOCCCCNC(=NC)NCCc1nc(C(C)C)no1. The van der Waals surface area contributed by atoms with Crippen LogP contribution >= 0.6 is 0 Å². The van der Waals surface area contributed by atoms with Gasteiger partial charge in [-0.15, -0.1) is 0 Å². The average Bonchev–Trinajstić information content (AvgIpc) is 2.98. The van der Waals surface area contributed by atoms with Crippen LogP contribution in [0.1, 0.15) is 51.2 Å². The van der Waals surface area contributed by atoms with E-state index in [1.807, 2.05) is 20.8 Å². The van der Waals surface area contributed by atoms with E-state index in [2.05, 4.69) is 25.8 Å². The second kappa shape index (κ2) is 11.0. The summed E-state index contributed by atoms with van der Waals surface area (Å²) >= 11 is 0. The Balaban J connectivity index is 2.15. The van der Waals surface area contributed by atoms with E-state index < -0.39 is 0 Å². The minimum atomic E-state index is 0.288. The minimum Gasteiger partial charge on any atom is -0.382 e. The Morgan fingerprint density at radius 3 is 2.68 bits per heavy atom. The molecule has 1 heterocycles. The molecule has 1 aromatic rings. The first kappa shape index (κ1) is 18.4. The first-order valence-electron chi connectivity index (χ1n) is 8.02. The highest BCUT2D eigenvalue weighted by atomic mass is 16.5. The summed E-state index contributed by atoms with van der Waals surface area (Å²) in [6.07, 6.45) is 2.80. The zero-order valence-corrected chi connectivity index (χ0v) is 14.2. The first-order chi connectivity index (χ1) is 10.7. The number of aliphatic imine (C=N–C) groups is 1. The van der Waals surface area contributed by atoms with E-state index >= 15 is 0 Å². The molecule has 0 amide bonds. The summed E-state index contributed by atoms with van der Waals surface area (Å²) in [5.41, 5.74) is 0. The van der Waals surface area contributed by atoms with Gasteiger partial charge in [-0.3, -0.25) is 4.99 Å². The van der Waals surface area contributed by atoms with E-state index in [1.54, 1.807) is 7.05 Å². The number of rotatable bonds is 10. The molecule has 0 saturated carbocycles. The fourth-order valence-corrected chi connectivity index (χ4v) is 1.79. The average molecular weight is 311 g/mol. The number of nitrogens with zero attached hydrogens (tertiary/aromatic N) is 3. The van der Waals surface area contributed by atoms with Gasteiger partial charge in [0.1, 0.15) is 0 Å². The molecule has 0 atom stereocenters. The monoisotopic (exact) mass is 311 g/mol. The molecule has 7 heteroatoms. The Labute approximate surface area is 132 Å². The van der Waals surface area contributed by atoms with Crippen LogP contribution in [0, 0.1) is 0 Å². The van der Waals surface area contributed by atoms with Crippen LogP contribution in [0.2, 0.25) is 0 Å². The summed E-state index contributed by atoms with van der Waals surface area (Å²) in [6, 6.07) is 0. The van der Waals surface area contributed by atoms with Crippen LogP contribution in [0.15, 0.2) is 9.52 Å². The molecule has 0 spiro atoms. The van der Waals surface area contributed by atoms with Crippen molar-refractivity contribution >= 4 is 5.96 Å². The third kappa shape index (κ3) is 7.40. The third-order valence-electron chi connectivity index (χ3n) is 3.07. The van der Waals surface area contributed by atoms with E-state index in [1.165, 1.54) is 0 Å². The first-order valence-corrected chi connectivity index (χ1v) is 8.02. The number of unbranched alkanes of at least 4 members (excludes halogenated alkanes) is 1. The Hall–Kier alpha value is -1.63. The summed E-state index contributed by atoms with van der Waals surface area (Å²) in [5, 5.41) is 10.5. The molecule has 1 rings (SSSR count). The van der Waals surface area contributed by atoms with E-state index in [9.17, 15) is 0 Å². The molecular weight excluding hydrogens is 282 g/mol. The number of hydrogen-bond acceptors (Lipinski definition) is 5. The highest BCUT2D eigenvalue weighted by molar-refractivity contribution is 5.79. The van der Waals surface area contributed by atoms with Crippen LogP contribution < -0.4 is 10.6 Å². The van der Waals surface area contributed by atoms with Crippen molar-refractivity contribution in [2.75, 3.05) is 33.4 Å². The maximum Gasteiger partial charge on any atom is 0.228 e. The fraction of sp³-hybridized carbons (Fsp3) is 0.800. The molecule has 0 bridgehead atoms. The van der Waals surface area contributed by atoms with Gasteiger partial charge in [0.05, 0.1) is 0 Å². The molecule has 0 fully saturated rings. The predicted octanol–water partition coefficient (Wildman–Crippen LogP) is 1.72. The van der Waals surface area contributed by atoms with E-state index in [4.69, 9.17) is 9.26 Å². The molecule has 1 aromatic heterocycles. The molecule has 126 valence electrons. The maximum absolute atomic E-state index is 5.30. The van der Waals surface area contributed by atoms with Gasteiger partial charge >= 0.3 is 0 Å². The highest BCUT2D eigenvalue weighted by Gasteiger charge is 2.09. The van der Waals surface area contributed by atoms with Gasteiger partial charge < -0.3 is 19.9 Å². The zero-order valence-electron chi connectivity index (χ0n) is 14.2. The van der Waals surface area contributed by atoms with Crippen LogP contribution in [0.25, 0.3) is 0 Å². The van der Waals surface area contributed by atoms with Crippen molar-refractivity contribution in [3.63, 3.8) is 0 Å². The molecular formula is C15H29N5O2. The van der Waals surface area contributed by atoms with Crippen LogP contribution in [0.5, 0.6) is 0 Å². The smallest absolute Gasteiger partial charge is 0.228 e. The molecule has 22 heavy (non-hydrogen) atoms. The number of hydrogen-bond donors (Lipinski definition) is 2. The Kier molecular flexibility index (Phi) is 9.21. The van der Waals surface area contributed by atoms with Crippen LogP contribution in [0.3, 0.4) is 0 Å². The van der Waals surface area contributed by atoms with Crippen molar-refractivity contribution in [1.82, 2.24) is 20.8 Å². The summed E-state index contributed by atoms with van der Waals surface area (Å²) in [6.45, 7) is 9.29. The second-order valence-electron chi connectivity index (χ2n) is 5.28. The van der Waals surface area contributed by atoms with E-state index in [0.29, 0.717) is 18.9 Å². The molecule has 0 aromatic carbocycles. The fourth-order valence-electron chi connectivity index (χ4n) is 1.79. The Morgan fingerprint density at radius 2 is 2.05 bits per heavy atom. The third-order valence-corrected chi connectivity index (χ3v) is 3.07. The lowest BCUT2D eigenvalue weighted by Gasteiger charge is -2.10. The summed E-state index contributed by atoms with van der Waals surface area (Å²) in [5.74, 6) is 2.49. The quantitative estimate of drug-likeness (QED) is 0.389. The molecule has 0 radical (unpaired) electrons. The standard InChI is InChI=1S/C15H29N5O2/c1-5-21-11-7-6-9-17-15(16-4)18-10-8-13-19-14(12(2)3)20-22-13/h12H,5-11H2,1-4H3,(H2,16,17,18). The van der Waals surface area contributed by atoms with Gasteiger partial charge in [0.2, 0.25) is 5.89 Å². The maximum atomic E-state index is 5.30. The summed E-state index contributed by atoms with van der Waals surface area (Å²) in [4.78, 5) is 8.53. The Morgan fingerprint density at radius 1 is 1.27 bits per heavy atom. The second-order valence-corrected chi connectivity index (χ2v) is 5.28. The van der Waals surface area contributed by atoms with Gasteiger partial charge in [-0.05, 0) is 19.8 Å². The molecule has 0 aliphatic carbocycles. The molecule has 0 aliphatic rings. The normalized spacial score (nSPS) is 12.0. The summed E-state index contributed by atoms with van der Waals surface area (Å²) in [7, 11) is 1.76. The number of nitrogens with one attached hydrogen (secondary N) is 2. The summed E-state index contributed by atoms with van der Waals surface area (Å²) < 4.78 is 10.5. The lowest BCUT2D eigenvalue weighted by Crippen LogP contribution is -2.38. The van der Waals surface area contributed by atoms with Crippen molar-refractivity contribution in [3.05, 3.63) is 11.7 Å². The van der Waals surface area contributed by atoms with Gasteiger partial charge in [0, 0.05) is 45.7 Å². The van der Waals surface area contributed by atoms with Gasteiger partial charge in [0.15, 0.2) is 11.8 Å². The molecule has 7 nitrogen and oxygen atoms in total. The number of guanidine groups is 1. The van der Waals surface area contributed by atoms with Crippen LogP contribution in [-0.2, 0) is 11.2 Å². The van der Waals surface area contributed by atoms with E-state index in [-0.39, 0.29) is 5.92 Å². The topological polar surface area (TPSA) is 84.6 Å². The Bertz CT molecular complexity index is 431.